The number of H-pyrrole nitrogens is 1. The summed E-state index contributed by atoms with van der Waals surface area (Å²) in [6, 6.07) is 15.5. The van der Waals surface area contributed by atoms with E-state index < -0.39 is 0 Å². The fourth-order valence-corrected chi connectivity index (χ4v) is 3.15. The summed E-state index contributed by atoms with van der Waals surface area (Å²) >= 11 is 5.31. The van der Waals surface area contributed by atoms with E-state index in [0.717, 1.165) is 10.9 Å². The number of hydrogen-bond acceptors (Lipinski definition) is 4. The van der Waals surface area contributed by atoms with E-state index in [9.17, 15) is 4.79 Å². The zero-order valence-corrected chi connectivity index (χ0v) is 16.7. The molecule has 28 heavy (non-hydrogen) atoms. The minimum atomic E-state index is -0.149. The number of thiocarbonyl (C=S) groups is 1. The molecule has 0 unspecified atom stereocenters. The molecule has 0 bridgehead atoms. The van der Waals surface area contributed by atoms with Crippen LogP contribution in [0.25, 0.3) is 10.9 Å². The Morgan fingerprint density at radius 3 is 2.46 bits per heavy atom. The van der Waals surface area contributed by atoms with Gasteiger partial charge in [0.15, 0.2) is 5.11 Å². The van der Waals surface area contributed by atoms with Crippen LogP contribution in [-0.2, 0) is 13.0 Å². The van der Waals surface area contributed by atoms with Crippen LogP contribution in [0.3, 0.4) is 0 Å². The van der Waals surface area contributed by atoms with Gasteiger partial charge in [0, 0.05) is 24.0 Å². The lowest BCUT2D eigenvalue weighted by molar-refractivity contribution is 0.409. The van der Waals surface area contributed by atoms with Gasteiger partial charge in [-0.15, -0.1) is 0 Å². The highest BCUT2D eigenvalue weighted by Gasteiger charge is 2.11. The smallest absolute Gasteiger partial charge is 0.251 e. The first-order chi connectivity index (χ1) is 13.6. The first kappa shape index (κ1) is 19.7. The third kappa shape index (κ3) is 4.61. The zero-order chi connectivity index (χ0) is 19.9. The molecule has 146 valence electrons. The van der Waals surface area contributed by atoms with Crippen molar-refractivity contribution in [2.24, 2.45) is 0 Å². The molecule has 2 aromatic carbocycles. The van der Waals surface area contributed by atoms with Gasteiger partial charge >= 0.3 is 0 Å². The molecule has 1 aromatic heterocycles. The van der Waals surface area contributed by atoms with Crippen molar-refractivity contribution in [3.63, 3.8) is 0 Å². The second-order valence-corrected chi connectivity index (χ2v) is 6.64. The monoisotopic (exact) mass is 397 g/mol. The molecular formula is C21H23N3O3S. The van der Waals surface area contributed by atoms with Crippen molar-refractivity contribution in [1.29, 1.82) is 0 Å². The quantitative estimate of drug-likeness (QED) is 0.533. The first-order valence-corrected chi connectivity index (χ1v) is 9.35. The number of aromatic nitrogens is 1. The Hall–Kier alpha value is -3.06. The number of rotatable bonds is 7. The molecule has 3 aromatic rings. The zero-order valence-electron chi connectivity index (χ0n) is 15.9. The van der Waals surface area contributed by atoms with Gasteiger partial charge in [0.2, 0.25) is 0 Å². The predicted molar refractivity (Wildman–Crippen MR) is 115 cm³/mol. The van der Waals surface area contributed by atoms with Gasteiger partial charge in [-0.3, -0.25) is 4.79 Å². The maximum atomic E-state index is 12.5. The van der Waals surface area contributed by atoms with Gasteiger partial charge in [0.1, 0.15) is 11.5 Å². The Kier molecular flexibility index (Phi) is 6.49. The topological polar surface area (TPSA) is 75.4 Å². The molecule has 7 heteroatoms. The lowest BCUT2D eigenvalue weighted by Crippen LogP contribution is -2.36. The fourth-order valence-electron chi connectivity index (χ4n) is 2.97. The third-order valence-electron chi connectivity index (χ3n) is 4.43. The summed E-state index contributed by atoms with van der Waals surface area (Å²) in [7, 11) is 3.17. The van der Waals surface area contributed by atoms with E-state index in [4.69, 9.17) is 21.7 Å². The normalized spacial score (nSPS) is 10.5. The van der Waals surface area contributed by atoms with E-state index in [1.54, 1.807) is 20.3 Å². The molecule has 0 radical (unpaired) electrons. The number of fused-ring (bicyclic) bond motifs is 1. The Labute approximate surface area is 168 Å². The van der Waals surface area contributed by atoms with E-state index >= 15 is 0 Å². The van der Waals surface area contributed by atoms with Crippen LogP contribution >= 0.6 is 12.2 Å². The summed E-state index contributed by atoms with van der Waals surface area (Å²) in [5, 5.41) is 7.66. The number of nitrogens with one attached hydrogen (secondary N) is 3. The molecule has 0 saturated heterocycles. The fraction of sp³-hybridized carbons (Fsp3) is 0.238. The number of aromatic amines is 1. The van der Waals surface area contributed by atoms with Crippen molar-refractivity contribution >= 4 is 28.2 Å². The van der Waals surface area contributed by atoms with Crippen LogP contribution in [0.5, 0.6) is 11.5 Å². The number of pyridine rings is 1. The molecular weight excluding hydrogens is 374 g/mol. The van der Waals surface area contributed by atoms with Crippen molar-refractivity contribution in [3.8, 4) is 11.5 Å². The number of benzene rings is 2. The van der Waals surface area contributed by atoms with Crippen LogP contribution in [-0.4, -0.2) is 30.9 Å². The highest BCUT2D eigenvalue weighted by molar-refractivity contribution is 7.80. The maximum Gasteiger partial charge on any atom is 0.251 e. The number of hydrogen-bond donors (Lipinski definition) is 3. The summed E-state index contributed by atoms with van der Waals surface area (Å²) in [6.07, 6.45) is 0.527. The minimum absolute atomic E-state index is 0.149. The van der Waals surface area contributed by atoms with Gasteiger partial charge in [0.05, 0.1) is 19.7 Å². The molecule has 0 saturated carbocycles. The van der Waals surface area contributed by atoms with Gasteiger partial charge in [0.25, 0.3) is 5.56 Å². The van der Waals surface area contributed by atoms with Crippen molar-refractivity contribution in [2.45, 2.75) is 13.0 Å². The van der Waals surface area contributed by atoms with E-state index in [1.807, 2.05) is 42.5 Å². The van der Waals surface area contributed by atoms with Crippen LogP contribution in [0.1, 0.15) is 11.1 Å². The molecule has 6 nitrogen and oxygen atoms in total. The molecule has 3 N–H and O–H groups in total. The Bertz CT molecular complexity index is 1020. The second-order valence-electron chi connectivity index (χ2n) is 6.23. The summed E-state index contributed by atoms with van der Waals surface area (Å²) in [5.41, 5.74) is 2.28. The first-order valence-electron chi connectivity index (χ1n) is 8.95. The van der Waals surface area contributed by atoms with Crippen molar-refractivity contribution < 1.29 is 9.47 Å². The van der Waals surface area contributed by atoms with Gasteiger partial charge in [-0.25, -0.2) is 0 Å². The molecule has 0 aliphatic carbocycles. The van der Waals surface area contributed by atoms with Gasteiger partial charge in [-0.2, -0.15) is 0 Å². The molecule has 1 heterocycles. The second kappa shape index (κ2) is 9.23. The SMILES string of the molecule is COc1ccc(OC)c2[nH]c(=O)c(CCNC(=S)NCc3ccccc3)cc12. The van der Waals surface area contributed by atoms with E-state index in [1.165, 1.54) is 0 Å². The van der Waals surface area contributed by atoms with Crippen molar-refractivity contribution in [3.05, 3.63) is 70.0 Å². The highest BCUT2D eigenvalue weighted by atomic mass is 32.1. The molecule has 0 atom stereocenters. The minimum Gasteiger partial charge on any atom is -0.496 e. The number of ether oxygens (including phenoxy) is 2. The largest absolute Gasteiger partial charge is 0.496 e. The van der Waals surface area contributed by atoms with Crippen molar-refractivity contribution in [1.82, 2.24) is 15.6 Å². The average molecular weight is 398 g/mol. The Balaban J connectivity index is 1.65. The summed E-state index contributed by atoms with van der Waals surface area (Å²) in [4.78, 5) is 15.4. The van der Waals surface area contributed by atoms with Crippen LogP contribution in [0, 0.1) is 0 Å². The molecule has 0 amide bonds. The predicted octanol–water partition coefficient (Wildman–Crippen LogP) is 2.75. The van der Waals surface area contributed by atoms with Crippen LogP contribution in [0.15, 0.2) is 53.3 Å². The lowest BCUT2D eigenvalue weighted by atomic mass is 10.1. The van der Waals surface area contributed by atoms with Crippen LogP contribution < -0.4 is 25.7 Å². The Morgan fingerprint density at radius 2 is 1.75 bits per heavy atom. The van der Waals surface area contributed by atoms with Crippen LogP contribution in [0.4, 0.5) is 0 Å². The standard InChI is InChI=1S/C21H23N3O3S/c1-26-17-8-9-18(27-2)19-16(17)12-15(20(25)24-19)10-11-22-21(28)23-13-14-6-4-3-5-7-14/h3-9,12H,10-11,13H2,1-2H3,(H,24,25)(H2,22,23,28). The summed E-state index contributed by atoms with van der Waals surface area (Å²) < 4.78 is 10.7. The van der Waals surface area contributed by atoms with Gasteiger partial charge < -0.3 is 25.1 Å². The Morgan fingerprint density at radius 1 is 1.04 bits per heavy atom. The van der Waals surface area contributed by atoms with Gasteiger partial charge in [-0.05, 0) is 42.4 Å². The molecule has 3 rings (SSSR count). The third-order valence-corrected chi connectivity index (χ3v) is 4.72. The van der Waals surface area contributed by atoms with Crippen LogP contribution in [0.2, 0.25) is 0 Å². The number of methoxy groups -OCH3 is 2. The van der Waals surface area contributed by atoms with Gasteiger partial charge in [-0.1, -0.05) is 30.3 Å². The van der Waals surface area contributed by atoms with E-state index in [2.05, 4.69) is 15.6 Å². The summed E-state index contributed by atoms with van der Waals surface area (Å²) in [6.45, 7) is 1.20. The molecule has 0 fully saturated rings. The maximum absolute atomic E-state index is 12.5. The van der Waals surface area contributed by atoms with E-state index in [-0.39, 0.29) is 5.56 Å². The lowest BCUT2D eigenvalue weighted by Gasteiger charge is -2.12. The molecule has 0 spiro atoms. The van der Waals surface area contributed by atoms with E-state index in [0.29, 0.717) is 47.2 Å². The average Bonchev–Trinajstić information content (AvgIpc) is 2.72. The van der Waals surface area contributed by atoms with Crippen molar-refractivity contribution in [2.75, 3.05) is 20.8 Å². The molecule has 0 aliphatic rings. The summed E-state index contributed by atoms with van der Waals surface area (Å²) in [5.74, 6) is 1.28. The highest BCUT2D eigenvalue weighted by Crippen LogP contribution is 2.31. The molecule has 0 aliphatic heterocycles.